The number of thioether (sulfide) groups is 1. The van der Waals surface area contributed by atoms with Gasteiger partial charge in [-0.2, -0.15) is 4.99 Å². The summed E-state index contributed by atoms with van der Waals surface area (Å²) in [6, 6.07) is 5.32. The largest absolute Gasteiger partial charge is 0.351 e. The van der Waals surface area contributed by atoms with E-state index in [9.17, 15) is 4.79 Å². The highest BCUT2D eigenvalue weighted by molar-refractivity contribution is 8.18. The molecule has 0 unspecified atom stereocenters. The van der Waals surface area contributed by atoms with Crippen LogP contribution >= 0.6 is 35.0 Å². The van der Waals surface area contributed by atoms with Crippen LogP contribution in [0.4, 0.5) is 0 Å². The highest BCUT2D eigenvalue weighted by Crippen LogP contribution is 2.32. The number of hydrogen-bond acceptors (Lipinski definition) is 3. The second kappa shape index (κ2) is 6.42. The lowest BCUT2D eigenvalue weighted by molar-refractivity contribution is -0.113. The molecular weight excluding hydrogens is 327 g/mol. The first kappa shape index (κ1) is 14.9. The molecule has 0 spiro atoms. The molecule has 0 aromatic heterocycles. The number of piperidine rings is 1. The molecule has 3 rings (SSSR count). The quantitative estimate of drug-likeness (QED) is 0.708. The van der Waals surface area contributed by atoms with Crippen LogP contribution in [0.5, 0.6) is 0 Å². The molecule has 0 bridgehead atoms. The fourth-order valence-electron chi connectivity index (χ4n) is 2.37. The molecule has 0 N–H and O–H groups in total. The van der Waals surface area contributed by atoms with Crippen molar-refractivity contribution in [2.45, 2.75) is 19.3 Å². The molecule has 2 heterocycles. The average molecular weight is 341 g/mol. The van der Waals surface area contributed by atoms with Gasteiger partial charge in [0.05, 0.1) is 15.0 Å². The van der Waals surface area contributed by atoms with Gasteiger partial charge in [0.1, 0.15) is 0 Å². The molecule has 6 heteroatoms. The minimum atomic E-state index is -0.174. The van der Waals surface area contributed by atoms with Crippen LogP contribution in [0.15, 0.2) is 28.1 Å². The molecule has 110 valence electrons. The van der Waals surface area contributed by atoms with Gasteiger partial charge in [-0.3, -0.25) is 4.79 Å². The highest BCUT2D eigenvalue weighted by Gasteiger charge is 2.26. The summed E-state index contributed by atoms with van der Waals surface area (Å²) in [6.45, 7) is 1.97. The van der Waals surface area contributed by atoms with Gasteiger partial charge in [-0.15, -0.1) is 0 Å². The Morgan fingerprint density at radius 3 is 2.62 bits per heavy atom. The van der Waals surface area contributed by atoms with E-state index in [1.54, 1.807) is 12.1 Å². The Labute approximate surface area is 138 Å². The lowest BCUT2D eigenvalue weighted by Crippen LogP contribution is -2.33. The maximum absolute atomic E-state index is 12.0. The van der Waals surface area contributed by atoms with Crippen molar-refractivity contribution >= 4 is 52.1 Å². The van der Waals surface area contributed by atoms with E-state index in [-0.39, 0.29) is 5.91 Å². The predicted octanol–water partition coefficient (Wildman–Crippen LogP) is 4.45. The molecule has 1 saturated heterocycles. The van der Waals surface area contributed by atoms with Gasteiger partial charge in [0.2, 0.25) is 0 Å². The maximum Gasteiger partial charge on any atom is 0.286 e. The third-order valence-corrected chi connectivity index (χ3v) is 5.26. The van der Waals surface area contributed by atoms with Crippen molar-refractivity contribution in [2.24, 2.45) is 4.99 Å². The fraction of sp³-hybridized carbons (Fsp3) is 0.333. The Morgan fingerprint density at radius 1 is 1.14 bits per heavy atom. The van der Waals surface area contributed by atoms with E-state index in [0.29, 0.717) is 15.0 Å². The van der Waals surface area contributed by atoms with Crippen LogP contribution in [0, 0.1) is 0 Å². The number of carbonyl (C=O) groups is 1. The van der Waals surface area contributed by atoms with E-state index in [0.717, 1.165) is 23.8 Å². The summed E-state index contributed by atoms with van der Waals surface area (Å²) in [5.74, 6) is -0.174. The van der Waals surface area contributed by atoms with Gasteiger partial charge in [-0.25, -0.2) is 0 Å². The number of halogens is 2. The minimum absolute atomic E-state index is 0.174. The van der Waals surface area contributed by atoms with Gasteiger partial charge in [0.25, 0.3) is 5.91 Å². The number of aliphatic imine (C=N–C) groups is 1. The third kappa shape index (κ3) is 3.44. The Bertz CT molecular complexity index is 637. The zero-order valence-corrected chi connectivity index (χ0v) is 13.6. The lowest BCUT2D eigenvalue weighted by atomic mass is 10.1. The predicted molar refractivity (Wildman–Crippen MR) is 89.9 cm³/mol. The number of rotatable bonds is 1. The van der Waals surface area contributed by atoms with Crippen LogP contribution in [0.25, 0.3) is 6.08 Å². The Morgan fingerprint density at radius 2 is 1.90 bits per heavy atom. The van der Waals surface area contributed by atoms with E-state index in [2.05, 4.69) is 9.89 Å². The number of likely N-dealkylation sites (tertiary alicyclic amines) is 1. The molecule has 1 aromatic carbocycles. The molecule has 0 atom stereocenters. The summed E-state index contributed by atoms with van der Waals surface area (Å²) in [7, 11) is 0. The Kier molecular flexibility index (Phi) is 4.57. The van der Waals surface area contributed by atoms with Crippen molar-refractivity contribution in [3.05, 3.63) is 38.7 Å². The van der Waals surface area contributed by atoms with Crippen molar-refractivity contribution in [2.75, 3.05) is 13.1 Å². The van der Waals surface area contributed by atoms with Crippen LogP contribution in [0.3, 0.4) is 0 Å². The van der Waals surface area contributed by atoms with Crippen LogP contribution in [0.2, 0.25) is 10.0 Å². The molecule has 0 saturated carbocycles. The summed E-state index contributed by atoms with van der Waals surface area (Å²) < 4.78 is 0. The van der Waals surface area contributed by atoms with Gasteiger partial charge in [-0.1, -0.05) is 29.3 Å². The summed E-state index contributed by atoms with van der Waals surface area (Å²) in [6.07, 6.45) is 5.41. The van der Waals surface area contributed by atoms with E-state index in [1.807, 2.05) is 12.1 Å². The molecule has 2 aliphatic heterocycles. The smallest absolute Gasteiger partial charge is 0.286 e. The molecular formula is C15H14Cl2N2OS. The van der Waals surface area contributed by atoms with Crippen LogP contribution in [-0.4, -0.2) is 29.1 Å². The molecule has 2 aliphatic rings. The molecule has 0 aliphatic carbocycles. The number of amides is 1. The van der Waals surface area contributed by atoms with Crippen molar-refractivity contribution in [3.63, 3.8) is 0 Å². The normalized spacial score (nSPS) is 21.0. The van der Waals surface area contributed by atoms with Gasteiger partial charge in [0, 0.05) is 13.1 Å². The number of hydrogen-bond donors (Lipinski definition) is 0. The highest BCUT2D eigenvalue weighted by atomic mass is 35.5. The van der Waals surface area contributed by atoms with Gasteiger partial charge < -0.3 is 4.90 Å². The number of nitrogens with zero attached hydrogens (tertiary/aromatic N) is 2. The monoisotopic (exact) mass is 340 g/mol. The molecule has 1 amide bonds. The van der Waals surface area contributed by atoms with Crippen LogP contribution < -0.4 is 0 Å². The standard InChI is InChI=1S/C15H14Cl2N2OS/c16-11-5-4-10(8-12(11)17)9-13-14(20)18-15(21-13)19-6-2-1-3-7-19/h4-5,8-9H,1-3,6-7H2/b13-9-. The zero-order valence-electron chi connectivity index (χ0n) is 11.3. The van der Waals surface area contributed by atoms with E-state index in [1.165, 1.54) is 31.0 Å². The SMILES string of the molecule is O=C1N=C(N2CCCCC2)S/C1=C\c1ccc(Cl)c(Cl)c1. The van der Waals surface area contributed by atoms with E-state index >= 15 is 0 Å². The Hall–Kier alpha value is -0.970. The number of benzene rings is 1. The molecule has 1 aromatic rings. The zero-order chi connectivity index (χ0) is 14.8. The second-order valence-corrected chi connectivity index (χ2v) is 6.85. The number of carbonyl (C=O) groups excluding carboxylic acids is 1. The first-order valence-electron chi connectivity index (χ1n) is 6.86. The minimum Gasteiger partial charge on any atom is -0.351 e. The van der Waals surface area contributed by atoms with Crippen molar-refractivity contribution in [1.29, 1.82) is 0 Å². The molecule has 21 heavy (non-hydrogen) atoms. The lowest BCUT2D eigenvalue weighted by Gasteiger charge is -2.27. The summed E-state index contributed by atoms with van der Waals surface area (Å²) in [5.41, 5.74) is 0.857. The summed E-state index contributed by atoms with van der Waals surface area (Å²) in [4.78, 5) is 19.0. The Balaban J connectivity index is 1.77. The average Bonchev–Trinajstić information content (AvgIpc) is 2.85. The van der Waals surface area contributed by atoms with Crippen LogP contribution in [-0.2, 0) is 4.79 Å². The second-order valence-electron chi connectivity index (χ2n) is 5.03. The molecule has 1 fully saturated rings. The van der Waals surface area contributed by atoms with Crippen molar-refractivity contribution < 1.29 is 4.79 Å². The van der Waals surface area contributed by atoms with Gasteiger partial charge >= 0.3 is 0 Å². The van der Waals surface area contributed by atoms with Gasteiger partial charge in [0.15, 0.2) is 5.17 Å². The van der Waals surface area contributed by atoms with Crippen LogP contribution in [0.1, 0.15) is 24.8 Å². The first-order chi connectivity index (χ1) is 10.1. The first-order valence-corrected chi connectivity index (χ1v) is 8.43. The molecule has 0 radical (unpaired) electrons. The van der Waals surface area contributed by atoms with E-state index < -0.39 is 0 Å². The van der Waals surface area contributed by atoms with E-state index in [4.69, 9.17) is 23.2 Å². The number of amidine groups is 1. The molecule has 3 nitrogen and oxygen atoms in total. The van der Waals surface area contributed by atoms with Crippen molar-refractivity contribution in [1.82, 2.24) is 4.90 Å². The fourth-order valence-corrected chi connectivity index (χ4v) is 3.64. The summed E-state index contributed by atoms with van der Waals surface area (Å²) in [5, 5.41) is 1.82. The summed E-state index contributed by atoms with van der Waals surface area (Å²) >= 11 is 13.3. The third-order valence-electron chi connectivity index (χ3n) is 3.48. The maximum atomic E-state index is 12.0. The van der Waals surface area contributed by atoms with Gasteiger partial charge in [-0.05, 0) is 54.8 Å². The topological polar surface area (TPSA) is 32.7 Å². The van der Waals surface area contributed by atoms with Crippen molar-refractivity contribution in [3.8, 4) is 0 Å².